The Labute approximate surface area is 109 Å². The maximum Gasteiger partial charge on any atom is 0.308 e. The second-order valence-corrected chi connectivity index (χ2v) is 4.78. The summed E-state index contributed by atoms with van der Waals surface area (Å²) >= 11 is 0. The average molecular weight is 259 g/mol. The van der Waals surface area contributed by atoms with Crippen LogP contribution in [-0.2, 0) is 19.0 Å². The van der Waals surface area contributed by atoms with Crippen molar-refractivity contribution in [3.8, 4) is 0 Å². The maximum atomic E-state index is 11.4. The molecule has 0 bridgehead atoms. The number of nitrogens with zero attached hydrogens (tertiary/aromatic N) is 1. The molecule has 0 amide bonds. The van der Waals surface area contributed by atoms with Crippen molar-refractivity contribution in [3.05, 3.63) is 0 Å². The number of esters is 1. The van der Waals surface area contributed by atoms with Crippen LogP contribution in [0.15, 0.2) is 0 Å². The van der Waals surface area contributed by atoms with Gasteiger partial charge in [-0.2, -0.15) is 0 Å². The molecule has 0 saturated carbocycles. The van der Waals surface area contributed by atoms with Gasteiger partial charge in [0.05, 0.1) is 32.3 Å². The fourth-order valence-corrected chi connectivity index (χ4v) is 1.92. The molecule has 1 aliphatic rings. The Morgan fingerprint density at radius 3 is 3.00 bits per heavy atom. The van der Waals surface area contributed by atoms with Gasteiger partial charge in [-0.25, -0.2) is 0 Å². The molecule has 1 fully saturated rings. The topological polar surface area (TPSA) is 48.0 Å². The minimum absolute atomic E-state index is 0.0724. The van der Waals surface area contributed by atoms with Crippen molar-refractivity contribution >= 4 is 5.97 Å². The third-order valence-corrected chi connectivity index (χ3v) is 3.21. The van der Waals surface area contributed by atoms with E-state index in [2.05, 4.69) is 11.8 Å². The van der Waals surface area contributed by atoms with E-state index in [1.807, 2.05) is 6.92 Å². The van der Waals surface area contributed by atoms with Crippen molar-refractivity contribution in [2.45, 2.75) is 38.8 Å². The van der Waals surface area contributed by atoms with Gasteiger partial charge in [0.1, 0.15) is 0 Å². The Kier molecular flexibility index (Phi) is 7.23. The first-order valence-electron chi connectivity index (χ1n) is 6.63. The molecule has 0 radical (unpaired) electrons. The Hall–Kier alpha value is -0.650. The van der Waals surface area contributed by atoms with Crippen molar-refractivity contribution < 1.29 is 19.0 Å². The van der Waals surface area contributed by atoms with Crippen LogP contribution < -0.4 is 0 Å². The highest BCUT2D eigenvalue weighted by atomic mass is 16.5. The molecule has 1 aliphatic heterocycles. The van der Waals surface area contributed by atoms with Gasteiger partial charge in [0.15, 0.2) is 0 Å². The monoisotopic (exact) mass is 259 g/mol. The summed E-state index contributed by atoms with van der Waals surface area (Å²) in [5.41, 5.74) is 0. The minimum Gasteiger partial charge on any atom is -0.466 e. The quantitative estimate of drug-likeness (QED) is 0.505. The van der Waals surface area contributed by atoms with Gasteiger partial charge in [-0.1, -0.05) is 0 Å². The number of hydrogen-bond acceptors (Lipinski definition) is 5. The molecule has 0 aromatic heterocycles. The van der Waals surface area contributed by atoms with Gasteiger partial charge < -0.3 is 14.2 Å². The van der Waals surface area contributed by atoms with Gasteiger partial charge in [-0.15, -0.1) is 0 Å². The maximum absolute atomic E-state index is 11.4. The predicted molar refractivity (Wildman–Crippen MR) is 68.5 cm³/mol. The fourth-order valence-electron chi connectivity index (χ4n) is 1.92. The summed E-state index contributed by atoms with van der Waals surface area (Å²) in [6.45, 7) is 8.02. The molecule has 2 atom stereocenters. The van der Waals surface area contributed by atoms with E-state index in [0.29, 0.717) is 19.1 Å². The van der Waals surface area contributed by atoms with Crippen LogP contribution in [0.2, 0.25) is 0 Å². The van der Waals surface area contributed by atoms with Crippen molar-refractivity contribution in [2.24, 2.45) is 0 Å². The van der Waals surface area contributed by atoms with Crippen LogP contribution in [0.3, 0.4) is 0 Å². The van der Waals surface area contributed by atoms with Gasteiger partial charge >= 0.3 is 5.97 Å². The lowest BCUT2D eigenvalue weighted by molar-refractivity contribution is -0.146. The molecule has 0 spiro atoms. The minimum atomic E-state index is -0.181. The largest absolute Gasteiger partial charge is 0.466 e. The van der Waals surface area contributed by atoms with Crippen molar-refractivity contribution in [2.75, 3.05) is 40.0 Å². The van der Waals surface area contributed by atoms with E-state index in [-0.39, 0.29) is 12.1 Å². The lowest BCUT2D eigenvalue weighted by atomic mass is 10.2. The molecule has 1 saturated heterocycles. The van der Waals surface area contributed by atoms with E-state index in [0.717, 1.165) is 32.7 Å². The molecular weight excluding hydrogens is 234 g/mol. The molecule has 18 heavy (non-hydrogen) atoms. The second kappa shape index (κ2) is 8.45. The zero-order valence-electron chi connectivity index (χ0n) is 11.7. The third kappa shape index (κ3) is 5.80. The van der Waals surface area contributed by atoms with E-state index in [9.17, 15) is 4.79 Å². The molecule has 0 aromatic carbocycles. The van der Waals surface area contributed by atoms with Crippen LogP contribution in [0.25, 0.3) is 0 Å². The number of ether oxygens (including phenoxy) is 3. The van der Waals surface area contributed by atoms with Crippen molar-refractivity contribution in [1.29, 1.82) is 0 Å². The summed E-state index contributed by atoms with van der Waals surface area (Å²) in [5, 5.41) is 0. The van der Waals surface area contributed by atoms with Gasteiger partial charge in [-0.05, 0) is 20.3 Å². The smallest absolute Gasteiger partial charge is 0.308 e. The lowest BCUT2D eigenvalue weighted by Gasteiger charge is -2.33. The summed E-state index contributed by atoms with van der Waals surface area (Å²) in [6.07, 6.45) is 1.12. The van der Waals surface area contributed by atoms with Crippen molar-refractivity contribution in [3.63, 3.8) is 0 Å². The number of hydrogen-bond donors (Lipinski definition) is 0. The molecule has 5 heteroatoms. The fraction of sp³-hybridized carbons (Fsp3) is 0.923. The third-order valence-electron chi connectivity index (χ3n) is 3.21. The SMILES string of the molecule is CO[C@@H](C)CC(=O)OCCCN1CCOC[C@@H]1C. The molecule has 106 valence electrons. The van der Waals surface area contributed by atoms with E-state index in [1.165, 1.54) is 0 Å². The van der Waals surface area contributed by atoms with E-state index >= 15 is 0 Å². The first kappa shape index (κ1) is 15.4. The highest BCUT2D eigenvalue weighted by Crippen LogP contribution is 2.06. The Bertz CT molecular complexity index is 247. The number of rotatable bonds is 7. The van der Waals surface area contributed by atoms with Gasteiger partial charge in [-0.3, -0.25) is 9.69 Å². The molecular formula is C13H25NO4. The summed E-state index contributed by atoms with van der Waals surface area (Å²) in [6, 6.07) is 0.461. The van der Waals surface area contributed by atoms with E-state index < -0.39 is 0 Å². The molecule has 0 aromatic rings. The second-order valence-electron chi connectivity index (χ2n) is 4.78. The molecule has 1 heterocycles. The average Bonchev–Trinajstić information content (AvgIpc) is 2.36. The first-order chi connectivity index (χ1) is 8.63. The number of carbonyl (C=O) groups excluding carboxylic acids is 1. The highest BCUT2D eigenvalue weighted by molar-refractivity contribution is 5.69. The van der Waals surface area contributed by atoms with Gasteiger partial charge in [0.25, 0.3) is 0 Å². The van der Waals surface area contributed by atoms with E-state index in [4.69, 9.17) is 14.2 Å². The standard InChI is InChI=1S/C13H25NO4/c1-11-10-17-8-6-14(11)5-4-7-18-13(15)9-12(2)16-3/h11-12H,4-10H2,1-3H3/t11-,12-/m0/s1. The molecule has 0 N–H and O–H groups in total. The van der Waals surface area contributed by atoms with Crippen LogP contribution in [0, 0.1) is 0 Å². The molecule has 0 aliphatic carbocycles. The number of carbonyl (C=O) groups is 1. The highest BCUT2D eigenvalue weighted by Gasteiger charge is 2.18. The zero-order valence-corrected chi connectivity index (χ0v) is 11.7. The lowest BCUT2D eigenvalue weighted by Crippen LogP contribution is -2.44. The number of morpholine rings is 1. The summed E-state index contributed by atoms with van der Waals surface area (Å²) in [7, 11) is 1.60. The van der Waals surface area contributed by atoms with Crippen LogP contribution >= 0.6 is 0 Å². The van der Waals surface area contributed by atoms with Crippen LogP contribution in [0.5, 0.6) is 0 Å². The van der Waals surface area contributed by atoms with E-state index in [1.54, 1.807) is 7.11 Å². The predicted octanol–water partition coefficient (Wildman–Crippen LogP) is 1.07. The summed E-state index contributed by atoms with van der Waals surface area (Å²) < 4.78 is 15.5. The van der Waals surface area contributed by atoms with Crippen molar-refractivity contribution in [1.82, 2.24) is 4.90 Å². The zero-order chi connectivity index (χ0) is 13.4. The first-order valence-corrected chi connectivity index (χ1v) is 6.63. The van der Waals surface area contributed by atoms with Gasteiger partial charge in [0.2, 0.25) is 0 Å². The molecule has 1 rings (SSSR count). The van der Waals surface area contributed by atoms with Gasteiger partial charge in [0, 0.05) is 26.2 Å². The molecule has 0 unspecified atom stereocenters. The van der Waals surface area contributed by atoms with Crippen LogP contribution in [0.4, 0.5) is 0 Å². The normalized spacial score (nSPS) is 22.7. The Balaban J connectivity index is 2.05. The summed E-state index contributed by atoms with van der Waals surface area (Å²) in [4.78, 5) is 13.8. The van der Waals surface area contributed by atoms with Crippen LogP contribution in [-0.4, -0.2) is 63.0 Å². The van der Waals surface area contributed by atoms with Crippen LogP contribution in [0.1, 0.15) is 26.7 Å². The Morgan fingerprint density at radius 1 is 1.56 bits per heavy atom. The Morgan fingerprint density at radius 2 is 2.33 bits per heavy atom. The summed E-state index contributed by atoms with van der Waals surface area (Å²) in [5.74, 6) is -0.181. The number of methoxy groups -OCH3 is 1. The molecule has 5 nitrogen and oxygen atoms in total.